The van der Waals surface area contributed by atoms with Crippen molar-refractivity contribution in [3.63, 3.8) is 0 Å². The van der Waals surface area contributed by atoms with Gasteiger partial charge in [0, 0.05) is 38.4 Å². The molecule has 0 amide bonds. The van der Waals surface area contributed by atoms with Crippen molar-refractivity contribution in [2.75, 3.05) is 36.4 Å². The van der Waals surface area contributed by atoms with E-state index in [1.54, 1.807) is 12.3 Å². The number of piperazine rings is 1. The summed E-state index contributed by atoms with van der Waals surface area (Å²) in [6.07, 6.45) is 3.17. The van der Waals surface area contributed by atoms with Crippen LogP contribution in [0.15, 0.2) is 53.8 Å². The van der Waals surface area contributed by atoms with Gasteiger partial charge in [-0.05, 0) is 42.8 Å². The van der Waals surface area contributed by atoms with Crippen LogP contribution in [0, 0.1) is 12.7 Å². The molecule has 4 rings (SSSR count). The van der Waals surface area contributed by atoms with E-state index in [2.05, 4.69) is 20.3 Å². The Labute approximate surface area is 184 Å². The Bertz CT molecular complexity index is 1200. The van der Waals surface area contributed by atoms with Crippen molar-refractivity contribution in [3.05, 3.63) is 65.3 Å². The van der Waals surface area contributed by atoms with Gasteiger partial charge in [-0.2, -0.15) is 4.31 Å². The molecule has 31 heavy (non-hydrogen) atoms. The van der Waals surface area contributed by atoms with Gasteiger partial charge >= 0.3 is 0 Å². The molecule has 11 heteroatoms. The Morgan fingerprint density at radius 1 is 1.00 bits per heavy atom. The van der Waals surface area contributed by atoms with E-state index in [1.165, 1.54) is 16.7 Å². The van der Waals surface area contributed by atoms with E-state index in [0.717, 1.165) is 17.7 Å². The van der Waals surface area contributed by atoms with Crippen LogP contribution >= 0.6 is 11.6 Å². The summed E-state index contributed by atoms with van der Waals surface area (Å²) >= 11 is 5.75. The van der Waals surface area contributed by atoms with Crippen molar-refractivity contribution in [1.29, 1.82) is 0 Å². The fourth-order valence-corrected chi connectivity index (χ4v) is 4.96. The number of nitrogens with zero attached hydrogens (tertiary/aromatic N) is 5. The van der Waals surface area contributed by atoms with Crippen LogP contribution in [-0.4, -0.2) is 53.9 Å². The van der Waals surface area contributed by atoms with Crippen LogP contribution in [0.25, 0.3) is 0 Å². The molecule has 0 saturated carbocycles. The molecule has 0 spiro atoms. The van der Waals surface area contributed by atoms with Gasteiger partial charge in [0.1, 0.15) is 29.6 Å². The number of anilines is 3. The van der Waals surface area contributed by atoms with Crippen LogP contribution in [0.5, 0.6) is 0 Å². The van der Waals surface area contributed by atoms with E-state index < -0.39 is 15.8 Å². The van der Waals surface area contributed by atoms with Gasteiger partial charge < -0.3 is 10.2 Å². The van der Waals surface area contributed by atoms with Gasteiger partial charge in [0.2, 0.25) is 10.0 Å². The summed E-state index contributed by atoms with van der Waals surface area (Å²) in [6.45, 7) is 3.42. The first-order valence-electron chi connectivity index (χ1n) is 9.55. The molecular formula is C20H20ClFN6O2S. The van der Waals surface area contributed by atoms with Crippen LogP contribution in [-0.2, 0) is 10.0 Å². The summed E-state index contributed by atoms with van der Waals surface area (Å²) in [5.41, 5.74) is 1.08. The highest BCUT2D eigenvalue weighted by Crippen LogP contribution is 2.25. The van der Waals surface area contributed by atoms with Crippen LogP contribution in [0.1, 0.15) is 5.56 Å². The van der Waals surface area contributed by atoms with Gasteiger partial charge in [-0.25, -0.2) is 27.8 Å². The summed E-state index contributed by atoms with van der Waals surface area (Å²) in [5.74, 6) is 1.31. The van der Waals surface area contributed by atoms with Crippen molar-refractivity contribution < 1.29 is 12.8 Å². The van der Waals surface area contributed by atoms with Gasteiger partial charge in [-0.3, -0.25) is 0 Å². The molecule has 162 valence electrons. The van der Waals surface area contributed by atoms with Crippen molar-refractivity contribution >= 4 is 39.1 Å². The summed E-state index contributed by atoms with van der Waals surface area (Å²) < 4.78 is 40.5. The molecule has 8 nitrogen and oxygen atoms in total. The smallest absolute Gasteiger partial charge is 0.243 e. The van der Waals surface area contributed by atoms with Gasteiger partial charge in [0.15, 0.2) is 0 Å². The van der Waals surface area contributed by atoms with E-state index >= 15 is 0 Å². The van der Waals surface area contributed by atoms with Gasteiger partial charge in [0.25, 0.3) is 0 Å². The van der Waals surface area contributed by atoms with Crippen LogP contribution in [0.4, 0.5) is 21.8 Å². The summed E-state index contributed by atoms with van der Waals surface area (Å²) in [5, 5.41) is 2.93. The van der Waals surface area contributed by atoms with E-state index in [-0.39, 0.29) is 23.0 Å². The van der Waals surface area contributed by atoms with Gasteiger partial charge in [-0.1, -0.05) is 11.6 Å². The first kappa shape index (κ1) is 21.4. The summed E-state index contributed by atoms with van der Waals surface area (Å²) in [6, 6.07) is 9.04. The Balaban J connectivity index is 1.44. The normalized spacial score (nSPS) is 15.1. The monoisotopic (exact) mass is 462 g/mol. The minimum absolute atomic E-state index is 0.0217. The maximum absolute atomic E-state index is 13.4. The third-order valence-corrected chi connectivity index (χ3v) is 7.10. The number of hydrogen-bond donors (Lipinski definition) is 1. The van der Waals surface area contributed by atoms with Crippen LogP contribution in [0.2, 0.25) is 5.02 Å². The van der Waals surface area contributed by atoms with Crippen molar-refractivity contribution in [3.8, 4) is 0 Å². The molecule has 1 aromatic carbocycles. The molecule has 1 saturated heterocycles. The lowest BCUT2D eigenvalue weighted by atomic mass is 10.3. The molecule has 0 atom stereocenters. The number of benzene rings is 1. The summed E-state index contributed by atoms with van der Waals surface area (Å²) in [4.78, 5) is 14.8. The fraction of sp³-hybridized carbons (Fsp3) is 0.250. The van der Waals surface area contributed by atoms with Crippen molar-refractivity contribution in [2.45, 2.75) is 11.8 Å². The van der Waals surface area contributed by atoms with Gasteiger partial charge in [0.05, 0.1) is 9.92 Å². The highest BCUT2D eigenvalue weighted by atomic mass is 35.5. The Kier molecular flexibility index (Phi) is 6.03. The number of sulfonamides is 1. The highest BCUT2D eigenvalue weighted by molar-refractivity contribution is 7.89. The molecule has 1 aliphatic rings. The zero-order chi connectivity index (χ0) is 22.0. The number of nitrogens with one attached hydrogen (secondary N) is 1. The minimum atomic E-state index is -3.76. The van der Waals surface area contributed by atoms with E-state index in [1.807, 2.05) is 24.0 Å². The highest BCUT2D eigenvalue weighted by Gasteiger charge is 2.29. The number of rotatable bonds is 5. The molecule has 1 aliphatic heterocycles. The maximum atomic E-state index is 13.4. The zero-order valence-electron chi connectivity index (χ0n) is 16.7. The van der Waals surface area contributed by atoms with Crippen molar-refractivity contribution in [2.24, 2.45) is 0 Å². The topological polar surface area (TPSA) is 91.3 Å². The zero-order valence-corrected chi connectivity index (χ0v) is 18.2. The third kappa shape index (κ3) is 4.76. The Hall–Kier alpha value is -2.82. The van der Waals surface area contributed by atoms with Crippen LogP contribution < -0.4 is 10.2 Å². The average Bonchev–Trinajstić information content (AvgIpc) is 2.76. The number of aromatic nitrogens is 3. The Morgan fingerprint density at radius 2 is 1.74 bits per heavy atom. The number of pyridine rings is 1. The second-order valence-corrected chi connectivity index (χ2v) is 9.42. The standard InChI is InChI=1S/C20H20ClFN6O2S/c1-14-4-5-23-18(10-14)26-19-12-20(25-13-24-19)27-6-8-28(9-7-27)31(29,30)15-2-3-17(22)16(21)11-15/h2-5,10-13H,6-9H2,1H3,(H,23,24,25,26). The second kappa shape index (κ2) is 8.74. The first-order valence-corrected chi connectivity index (χ1v) is 11.4. The lowest BCUT2D eigenvalue weighted by Crippen LogP contribution is -2.48. The predicted molar refractivity (Wildman–Crippen MR) is 117 cm³/mol. The predicted octanol–water partition coefficient (Wildman–Crippen LogP) is 3.23. The quantitative estimate of drug-likeness (QED) is 0.622. The molecule has 2 aromatic heterocycles. The van der Waals surface area contributed by atoms with Gasteiger partial charge in [-0.15, -0.1) is 0 Å². The van der Waals surface area contributed by atoms with E-state index in [4.69, 9.17) is 11.6 Å². The molecule has 0 radical (unpaired) electrons. The molecule has 0 aliphatic carbocycles. The number of hydrogen-bond acceptors (Lipinski definition) is 7. The molecule has 0 bridgehead atoms. The molecule has 1 fully saturated rings. The lowest BCUT2D eigenvalue weighted by molar-refractivity contribution is 0.383. The third-order valence-electron chi connectivity index (χ3n) is 4.92. The fourth-order valence-electron chi connectivity index (χ4n) is 3.27. The maximum Gasteiger partial charge on any atom is 0.243 e. The minimum Gasteiger partial charge on any atom is -0.354 e. The Morgan fingerprint density at radius 3 is 2.45 bits per heavy atom. The lowest BCUT2D eigenvalue weighted by Gasteiger charge is -2.34. The van der Waals surface area contributed by atoms with E-state index in [9.17, 15) is 12.8 Å². The molecule has 1 N–H and O–H groups in total. The van der Waals surface area contributed by atoms with Crippen molar-refractivity contribution in [1.82, 2.24) is 19.3 Å². The SMILES string of the molecule is Cc1ccnc(Nc2cc(N3CCN(S(=O)(=O)c4ccc(F)c(Cl)c4)CC3)ncn2)c1. The average molecular weight is 463 g/mol. The second-order valence-electron chi connectivity index (χ2n) is 7.07. The molecule has 3 heterocycles. The molecule has 3 aromatic rings. The largest absolute Gasteiger partial charge is 0.354 e. The summed E-state index contributed by atoms with van der Waals surface area (Å²) in [7, 11) is -3.76. The molecule has 0 unspecified atom stereocenters. The first-order chi connectivity index (χ1) is 14.8. The molecular weight excluding hydrogens is 443 g/mol. The number of aryl methyl sites for hydroxylation is 1. The number of halogens is 2. The van der Waals surface area contributed by atoms with E-state index in [0.29, 0.717) is 30.5 Å². The van der Waals surface area contributed by atoms with Crippen LogP contribution in [0.3, 0.4) is 0 Å².